The number of nitrogens with one attached hydrogen (secondary N) is 1. The Morgan fingerprint density at radius 2 is 2.19 bits per heavy atom. The van der Waals surface area contributed by atoms with E-state index in [9.17, 15) is 0 Å². The highest BCUT2D eigenvalue weighted by atomic mass is 16.5. The van der Waals surface area contributed by atoms with E-state index in [1.807, 2.05) is 0 Å². The van der Waals surface area contributed by atoms with Crippen LogP contribution in [0.3, 0.4) is 0 Å². The summed E-state index contributed by atoms with van der Waals surface area (Å²) in [5, 5.41) is 3.47. The minimum absolute atomic E-state index is 0.315. The first-order valence-electron chi connectivity index (χ1n) is 8.36. The molecule has 2 heterocycles. The van der Waals surface area contributed by atoms with Crippen molar-refractivity contribution < 1.29 is 4.74 Å². The molecule has 2 fully saturated rings. The Kier molecular flexibility index (Phi) is 4.67. The Labute approximate surface area is 128 Å². The molecule has 1 saturated carbocycles. The van der Waals surface area contributed by atoms with Crippen LogP contribution in [0.25, 0.3) is 0 Å². The van der Waals surface area contributed by atoms with Gasteiger partial charge in [0.05, 0.1) is 12.7 Å². The van der Waals surface area contributed by atoms with E-state index >= 15 is 0 Å². The molecular weight excluding hydrogens is 262 g/mol. The molecule has 1 aromatic rings. The van der Waals surface area contributed by atoms with Gasteiger partial charge in [0.1, 0.15) is 0 Å². The van der Waals surface area contributed by atoms with Gasteiger partial charge in [-0.1, -0.05) is 0 Å². The van der Waals surface area contributed by atoms with E-state index in [1.165, 1.54) is 18.4 Å². The summed E-state index contributed by atoms with van der Waals surface area (Å²) in [6.45, 7) is 8.47. The fourth-order valence-electron chi connectivity index (χ4n) is 3.42. The molecule has 0 amide bonds. The number of ether oxygens (including phenoxy) is 1. The van der Waals surface area contributed by atoms with Crippen molar-refractivity contribution in [1.82, 2.24) is 14.8 Å². The second-order valence-electron chi connectivity index (χ2n) is 6.83. The van der Waals surface area contributed by atoms with Crippen LogP contribution < -0.4 is 5.32 Å². The largest absolute Gasteiger partial charge is 0.374 e. The first-order valence-corrected chi connectivity index (χ1v) is 8.36. The lowest BCUT2D eigenvalue weighted by Gasteiger charge is -2.35. The van der Waals surface area contributed by atoms with E-state index < -0.39 is 0 Å². The Hall–Kier alpha value is -0.840. The molecule has 0 spiro atoms. The minimum Gasteiger partial charge on any atom is -0.374 e. The topological polar surface area (TPSA) is 29.4 Å². The van der Waals surface area contributed by atoms with Crippen LogP contribution in [0.15, 0.2) is 18.5 Å². The van der Waals surface area contributed by atoms with Crippen LogP contribution in [-0.2, 0) is 11.3 Å². The molecule has 4 heteroatoms. The lowest BCUT2D eigenvalue weighted by Crippen LogP contribution is -2.47. The van der Waals surface area contributed by atoms with Crippen molar-refractivity contribution in [1.29, 1.82) is 0 Å². The van der Waals surface area contributed by atoms with Crippen LogP contribution >= 0.6 is 0 Å². The monoisotopic (exact) mass is 291 g/mol. The van der Waals surface area contributed by atoms with Crippen molar-refractivity contribution in [3.8, 4) is 0 Å². The fourth-order valence-corrected chi connectivity index (χ4v) is 3.42. The van der Waals surface area contributed by atoms with Crippen molar-refractivity contribution in [3.63, 3.8) is 0 Å². The maximum absolute atomic E-state index is 5.94. The smallest absolute Gasteiger partial charge is 0.0881 e. The summed E-state index contributed by atoms with van der Waals surface area (Å²) in [5.41, 5.74) is 1.43. The average molecular weight is 291 g/mol. The van der Waals surface area contributed by atoms with Gasteiger partial charge >= 0.3 is 0 Å². The second kappa shape index (κ2) is 6.51. The van der Waals surface area contributed by atoms with Gasteiger partial charge in [-0.3, -0.25) is 4.90 Å². The van der Waals surface area contributed by atoms with Crippen molar-refractivity contribution >= 4 is 0 Å². The Balaban J connectivity index is 1.59. The lowest BCUT2D eigenvalue weighted by atomic mass is 10.1. The normalized spacial score (nSPS) is 25.4. The van der Waals surface area contributed by atoms with E-state index in [0.717, 1.165) is 32.2 Å². The Morgan fingerprint density at radius 3 is 2.86 bits per heavy atom. The molecule has 3 rings (SSSR count). The average Bonchev–Trinajstić information content (AvgIpc) is 3.20. The van der Waals surface area contributed by atoms with Crippen LogP contribution in [0.1, 0.15) is 38.3 Å². The highest BCUT2D eigenvalue weighted by molar-refractivity contribution is 5.18. The first-order chi connectivity index (χ1) is 10.2. The molecule has 2 aliphatic rings. The number of aromatic nitrogens is 1. The lowest BCUT2D eigenvalue weighted by molar-refractivity contribution is -0.0455. The van der Waals surface area contributed by atoms with Gasteiger partial charge in [0.25, 0.3) is 0 Å². The van der Waals surface area contributed by atoms with Gasteiger partial charge in [0.2, 0.25) is 0 Å². The SMILES string of the molecule is CNC(c1ccn(CC2CN(C(C)C)CCO2)c1)C1CC1. The zero-order valence-electron chi connectivity index (χ0n) is 13.6. The highest BCUT2D eigenvalue weighted by Gasteiger charge is 2.31. The molecule has 0 bridgehead atoms. The van der Waals surface area contributed by atoms with Crippen LogP contribution in [0.2, 0.25) is 0 Å². The molecule has 1 aliphatic carbocycles. The van der Waals surface area contributed by atoms with Crippen molar-refractivity contribution in [3.05, 3.63) is 24.0 Å². The van der Waals surface area contributed by atoms with E-state index in [4.69, 9.17) is 4.74 Å². The van der Waals surface area contributed by atoms with Crippen molar-refractivity contribution in [2.45, 2.75) is 51.4 Å². The molecule has 1 aromatic heterocycles. The summed E-state index contributed by atoms with van der Waals surface area (Å²) in [6.07, 6.45) is 7.56. The Bertz CT molecular complexity index is 453. The maximum Gasteiger partial charge on any atom is 0.0881 e. The van der Waals surface area contributed by atoms with Gasteiger partial charge in [-0.2, -0.15) is 0 Å². The summed E-state index contributed by atoms with van der Waals surface area (Å²) < 4.78 is 8.24. The molecule has 2 unspecified atom stereocenters. The summed E-state index contributed by atoms with van der Waals surface area (Å²) in [4.78, 5) is 2.51. The molecule has 1 N–H and O–H groups in total. The molecule has 4 nitrogen and oxygen atoms in total. The van der Waals surface area contributed by atoms with Crippen LogP contribution in [0.4, 0.5) is 0 Å². The molecule has 1 saturated heterocycles. The van der Waals surface area contributed by atoms with E-state index in [2.05, 4.69) is 54.1 Å². The molecule has 21 heavy (non-hydrogen) atoms. The molecule has 118 valence electrons. The summed E-state index contributed by atoms with van der Waals surface area (Å²) in [7, 11) is 2.07. The van der Waals surface area contributed by atoms with Gasteiger partial charge in [-0.15, -0.1) is 0 Å². The van der Waals surface area contributed by atoms with E-state index in [0.29, 0.717) is 18.2 Å². The number of rotatable bonds is 6. The van der Waals surface area contributed by atoms with Gasteiger partial charge < -0.3 is 14.6 Å². The minimum atomic E-state index is 0.315. The third-order valence-corrected chi connectivity index (χ3v) is 4.85. The fraction of sp³-hybridized carbons (Fsp3) is 0.765. The molecule has 2 atom stereocenters. The highest BCUT2D eigenvalue weighted by Crippen LogP contribution is 2.40. The van der Waals surface area contributed by atoms with Crippen LogP contribution in [-0.4, -0.2) is 48.4 Å². The Morgan fingerprint density at radius 1 is 1.38 bits per heavy atom. The third-order valence-electron chi connectivity index (χ3n) is 4.85. The second-order valence-corrected chi connectivity index (χ2v) is 6.83. The van der Waals surface area contributed by atoms with Gasteiger partial charge in [0.15, 0.2) is 0 Å². The molecule has 0 radical (unpaired) electrons. The number of nitrogens with zero attached hydrogens (tertiary/aromatic N) is 2. The van der Waals surface area contributed by atoms with Crippen LogP contribution in [0.5, 0.6) is 0 Å². The van der Waals surface area contributed by atoms with Crippen molar-refractivity contribution in [2.75, 3.05) is 26.7 Å². The predicted octanol–water partition coefficient (Wildman–Crippen LogP) is 2.27. The predicted molar refractivity (Wildman–Crippen MR) is 85.4 cm³/mol. The number of morpholine rings is 1. The first kappa shape index (κ1) is 15.1. The summed E-state index contributed by atoms with van der Waals surface area (Å²) >= 11 is 0. The van der Waals surface area contributed by atoms with Gasteiger partial charge in [-0.25, -0.2) is 0 Å². The molecular formula is C17H29N3O. The molecule has 0 aromatic carbocycles. The number of hydrogen-bond acceptors (Lipinski definition) is 3. The van der Waals surface area contributed by atoms with Crippen molar-refractivity contribution in [2.24, 2.45) is 5.92 Å². The number of hydrogen-bond donors (Lipinski definition) is 1. The van der Waals surface area contributed by atoms with Gasteiger partial charge in [0, 0.05) is 44.1 Å². The zero-order chi connectivity index (χ0) is 14.8. The maximum atomic E-state index is 5.94. The van der Waals surface area contributed by atoms with E-state index in [1.54, 1.807) is 0 Å². The zero-order valence-corrected chi connectivity index (χ0v) is 13.6. The van der Waals surface area contributed by atoms with Gasteiger partial charge in [-0.05, 0) is 51.3 Å². The summed E-state index contributed by atoms with van der Waals surface area (Å²) in [6, 6.07) is 3.41. The molecule has 1 aliphatic heterocycles. The third kappa shape index (κ3) is 3.68. The standard InChI is InChI=1S/C17H29N3O/c1-13(2)20-8-9-21-16(12-20)11-19-7-6-15(10-19)17(18-3)14-4-5-14/h6-7,10,13-14,16-18H,4-5,8-9,11-12H2,1-3H3. The van der Waals surface area contributed by atoms with Crippen LogP contribution in [0, 0.1) is 5.92 Å². The summed E-state index contributed by atoms with van der Waals surface area (Å²) in [5.74, 6) is 0.841. The van der Waals surface area contributed by atoms with E-state index in [-0.39, 0.29) is 0 Å². The quantitative estimate of drug-likeness (QED) is 0.872.